The molecular formula is C18H19NO4S. The predicted molar refractivity (Wildman–Crippen MR) is 91.9 cm³/mol. The normalized spacial score (nSPS) is 10.2. The summed E-state index contributed by atoms with van der Waals surface area (Å²) in [6, 6.07) is 11.0. The molecule has 5 nitrogen and oxygen atoms in total. The molecule has 0 bridgehead atoms. The zero-order valence-corrected chi connectivity index (χ0v) is 14.2. The first-order valence-corrected chi connectivity index (χ1v) is 8.47. The lowest BCUT2D eigenvalue weighted by Crippen LogP contribution is -2.28. The highest BCUT2D eigenvalue weighted by atomic mass is 32.1. The van der Waals surface area contributed by atoms with Crippen LogP contribution in [0.4, 0.5) is 0 Å². The van der Waals surface area contributed by atoms with Crippen molar-refractivity contribution in [1.29, 1.82) is 0 Å². The number of benzene rings is 1. The molecule has 24 heavy (non-hydrogen) atoms. The van der Waals surface area contributed by atoms with E-state index in [1.165, 1.54) is 11.3 Å². The summed E-state index contributed by atoms with van der Waals surface area (Å²) in [6.45, 7) is 2.03. The number of rotatable bonds is 8. The van der Waals surface area contributed by atoms with Crippen LogP contribution in [-0.4, -0.2) is 24.3 Å². The molecule has 0 radical (unpaired) electrons. The number of amides is 1. The van der Waals surface area contributed by atoms with Crippen LogP contribution in [0.15, 0.2) is 41.8 Å². The average molecular weight is 345 g/mol. The summed E-state index contributed by atoms with van der Waals surface area (Å²) in [5.74, 6) is -1.03. The van der Waals surface area contributed by atoms with Gasteiger partial charge in [0.05, 0.1) is 13.0 Å². The molecule has 1 aromatic carbocycles. The molecule has 0 saturated carbocycles. The molecule has 0 aliphatic carbocycles. The van der Waals surface area contributed by atoms with Gasteiger partial charge in [-0.05, 0) is 18.4 Å². The van der Waals surface area contributed by atoms with Crippen LogP contribution in [0.25, 0.3) is 0 Å². The summed E-state index contributed by atoms with van der Waals surface area (Å²) in [5, 5.41) is 4.59. The van der Waals surface area contributed by atoms with Crippen molar-refractivity contribution in [2.24, 2.45) is 0 Å². The zero-order valence-electron chi connectivity index (χ0n) is 13.4. The standard InChI is InChI=1S/C18H19NO4S/c1-13-4-6-14(7-5-13)16(20)8-9-18(22)23-12-17(21)19-11-15-3-2-10-24-15/h2-7,10H,8-9,11-12H2,1H3,(H,19,21). The number of carbonyl (C=O) groups is 3. The van der Waals surface area contributed by atoms with E-state index >= 15 is 0 Å². The number of esters is 1. The fourth-order valence-electron chi connectivity index (χ4n) is 1.97. The number of aryl methyl sites for hydroxylation is 1. The van der Waals surface area contributed by atoms with Crippen LogP contribution in [0.1, 0.15) is 33.6 Å². The predicted octanol–water partition coefficient (Wildman–Crippen LogP) is 2.88. The molecule has 0 spiro atoms. The van der Waals surface area contributed by atoms with Crippen LogP contribution < -0.4 is 5.32 Å². The van der Waals surface area contributed by atoms with E-state index in [0.29, 0.717) is 12.1 Å². The van der Waals surface area contributed by atoms with Gasteiger partial charge < -0.3 is 10.1 Å². The lowest BCUT2D eigenvalue weighted by atomic mass is 10.1. The van der Waals surface area contributed by atoms with Gasteiger partial charge in [0, 0.05) is 16.9 Å². The fraction of sp³-hybridized carbons (Fsp3) is 0.278. The Kier molecular flexibility index (Phi) is 6.69. The summed E-state index contributed by atoms with van der Waals surface area (Å²) in [7, 11) is 0. The molecule has 0 aliphatic heterocycles. The smallest absolute Gasteiger partial charge is 0.306 e. The summed E-state index contributed by atoms with van der Waals surface area (Å²) in [4.78, 5) is 36.2. The first-order chi connectivity index (χ1) is 11.5. The minimum Gasteiger partial charge on any atom is -0.456 e. The summed E-state index contributed by atoms with van der Waals surface area (Å²) in [5.41, 5.74) is 1.64. The Morgan fingerprint density at radius 2 is 1.83 bits per heavy atom. The van der Waals surface area contributed by atoms with E-state index < -0.39 is 5.97 Å². The molecule has 2 rings (SSSR count). The third-order valence-corrected chi connectivity index (χ3v) is 4.21. The van der Waals surface area contributed by atoms with E-state index in [2.05, 4.69) is 5.32 Å². The van der Waals surface area contributed by atoms with Crippen molar-refractivity contribution >= 4 is 29.0 Å². The summed E-state index contributed by atoms with van der Waals surface area (Å²) < 4.78 is 4.88. The Bertz CT molecular complexity index is 692. The highest BCUT2D eigenvalue weighted by Gasteiger charge is 2.12. The second-order valence-electron chi connectivity index (χ2n) is 5.31. The Balaban J connectivity index is 1.64. The van der Waals surface area contributed by atoms with Gasteiger partial charge in [-0.25, -0.2) is 0 Å². The SMILES string of the molecule is Cc1ccc(C(=O)CCC(=O)OCC(=O)NCc2cccs2)cc1. The van der Waals surface area contributed by atoms with E-state index in [4.69, 9.17) is 4.74 Å². The Labute approximate surface area is 144 Å². The van der Waals surface area contributed by atoms with Gasteiger partial charge in [-0.1, -0.05) is 35.9 Å². The average Bonchev–Trinajstić information content (AvgIpc) is 3.10. The van der Waals surface area contributed by atoms with E-state index in [0.717, 1.165) is 10.4 Å². The maximum Gasteiger partial charge on any atom is 0.306 e. The van der Waals surface area contributed by atoms with Crippen molar-refractivity contribution in [2.75, 3.05) is 6.61 Å². The number of carbonyl (C=O) groups excluding carboxylic acids is 3. The van der Waals surface area contributed by atoms with Crippen LogP contribution in [0.3, 0.4) is 0 Å². The van der Waals surface area contributed by atoms with E-state index in [-0.39, 0.29) is 31.1 Å². The minimum atomic E-state index is -0.554. The molecule has 0 aliphatic rings. The van der Waals surface area contributed by atoms with Crippen molar-refractivity contribution in [3.8, 4) is 0 Å². The van der Waals surface area contributed by atoms with Gasteiger partial charge in [-0.15, -0.1) is 11.3 Å². The molecule has 0 saturated heterocycles. The van der Waals surface area contributed by atoms with E-state index in [9.17, 15) is 14.4 Å². The molecule has 6 heteroatoms. The molecule has 0 unspecified atom stereocenters. The topological polar surface area (TPSA) is 72.5 Å². The van der Waals surface area contributed by atoms with Crippen LogP contribution >= 0.6 is 11.3 Å². The van der Waals surface area contributed by atoms with Gasteiger partial charge in [-0.2, -0.15) is 0 Å². The molecule has 1 heterocycles. The van der Waals surface area contributed by atoms with Crippen molar-refractivity contribution < 1.29 is 19.1 Å². The maximum absolute atomic E-state index is 11.9. The first kappa shape index (κ1) is 17.9. The summed E-state index contributed by atoms with van der Waals surface area (Å²) >= 11 is 1.54. The fourth-order valence-corrected chi connectivity index (χ4v) is 2.61. The van der Waals surface area contributed by atoms with Crippen molar-refractivity contribution in [1.82, 2.24) is 5.32 Å². The molecule has 1 N–H and O–H groups in total. The number of hydrogen-bond acceptors (Lipinski definition) is 5. The van der Waals surface area contributed by atoms with Crippen LogP contribution in [0.5, 0.6) is 0 Å². The molecular weight excluding hydrogens is 326 g/mol. The van der Waals surface area contributed by atoms with Gasteiger partial charge >= 0.3 is 5.97 Å². The second kappa shape index (κ2) is 8.98. The molecule has 2 aromatic rings. The Morgan fingerprint density at radius 1 is 1.08 bits per heavy atom. The van der Waals surface area contributed by atoms with E-state index in [1.54, 1.807) is 12.1 Å². The third-order valence-electron chi connectivity index (χ3n) is 3.33. The van der Waals surface area contributed by atoms with Gasteiger partial charge in [0.1, 0.15) is 0 Å². The van der Waals surface area contributed by atoms with Crippen LogP contribution in [0.2, 0.25) is 0 Å². The molecule has 1 amide bonds. The molecule has 0 fully saturated rings. The molecule has 0 atom stereocenters. The highest BCUT2D eigenvalue weighted by molar-refractivity contribution is 7.09. The Morgan fingerprint density at radius 3 is 2.50 bits per heavy atom. The number of ketones is 1. The van der Waals surface area contributed by atoms with Gasteiger partial charge in [0.15, 0.2) is 12.4 Å². The lowest BCUT2D eigenvalue weighted by molar-refractivity contribution is -0.148. The number of Topliss-reactive ketones (excluding diaryl/α,β-unsaturated/α-hetero) is 1. The summed E-state index contributed by atoms with van der Waals surface area (Å²) in [6.07, 6.45) is 0.0314. The molecule has 126 valence electrons. The van der Waals surface area contributed by atoms with E-state index in [1.807, 2.05) is 36.6 Å². The quantitative estimate of drug-likeness (QED) is 0.590. The van der Waals surface area contributed by atoms with Gasteiger partial charge in [-0.3, -0.25) is 14.4 Å². The van der Waals surface area contributed by atoms with Gasteiger partial charge in [0.2, 0.25) is 0 Å². The number of thiophene rings is 1. The monoisotopic (exact) mass is 345 g/mol. The largest absolute Gasteiger partial charge is 0.456 e. The number of hydrogen-bond donors (Lipinski definition) is 1. The number of nitrogens with one attached hydrogen (secondary N) is 1. The minimum absolute atomic E-state index is 0.0368. The molecule has 1 aromatic heterocycles. The lowest BCUT2D eigenvalue weighted by Gasteiger charge is -2.06. The highest BCUT2D eigenvalue weighted by Crippen LogP contribution is 2.09. The maximum atomic E-state index is 11.9. The van der Waals surface area contributed by atoms with Crippen molar-refractivity contribution in [3.05, 3.63) is 57.8 Å². The van der Waals surface area contributed by atoms with Crippen LogP contribution in [0, 0.1) is 6.92 Å². The second-order valence-corrected chi connectivity index (χ2v) is 6.34. The Hall–Kier alpha value is -2.47. The van der Waals surface area contributed by atoms with Gasteiger partial charge in [0.25, 0.3) is 5.91 Å². The van der Waals surface area contributed by atoms with Crippen molar-refractivity contribution in [2.45, 2.75) is 26.3 Å². The first-order valence-electron chi connectivity index (χ1n) is 7.59. The van der Waals surface area contributed by atoms with Crippen LogP contribution in [-0.2, 0) is 20.9 Å². The zero-order chi connectivity index (χ0) is 17.4. The third kappa shape index (κ3) is 5.96. The number of ether oxygens (including phenoxy) is 1. The van der Waals surface area contributed by atoms with Crippen molar-refractivity contribution in [3.63, 3.8) is 0 Å².